The van der Waals surface area contributed by atoms with Crippen LogP contribution >= 0.6 is 34.8 Å². The van der Waals surface area contributed by atoms with Gasteiger partial charge in [-0.2, -0.15) is 0 Å². The van der Waals surface area contributed by atoms with Crippen LogP contribution in [-0.4, -0.2) is 10.9 Å². The van der Waals surface area contributed by atoms with Crippen molar-refractivity contribution >= 4 is 57.3 Å². The summed E-state index contributed by atoms with van der Waals surface area (Å²) < 4.78 is 0. The Kier molecular flexibility index (Phi) is 3.81. The molecular weight excluding hydrogens is 331 g/mol. The van der Waals surface area contributed by atoms with Crippen LogP contribution in [0.4, 0.5) is 5.69 Å². The highest BCUT2D eigenvalue weighted by atomic mass is 35.5. The van der Waals surface area contributed by atoms with Crippen molar-refractivity contribution in [2.24, 2.45) is 0 Å². The van der Waals surface area contributed by atoms with E-state index < -0.39 is 0 Å². The van der Waals surface area contributed by atoms with Gasteiger partial charge in [0.2, 0.25) is 0 Å². The van der Waals surface area contributed by atoms with E-state index in [1.54, 1.807) is 12.1 Å². The third kappa shape index (κ3) is 2.86. The number of benzene rings is 2. The van der Waals surface area contributed by atoms with Crippen LogP contribution in [0.1, 0.15) is 10.4 Å². The predicted octanol–water partition coefficient (Wildman–Crippen LogP) is 5.38. The Labute approximate surface area is 135 Å². The molecule has 3 rings (SSSR count). The zero-order valence-electron chi connectivity index (χ0n) is 10.6. The van der Waals surface area contributed by atoms with Gasteiger partial charge in [-0.05, 0) is 35.7 Å². The molecule has 0 spiro atoms. The number of anilines is 1. The molecule has 1 amide bonds. The number of carbonyl (C=O) groups excluding carboxylic acids is 1. The van der Waals surface area contributed by atoms with Gasteiger partial charge in [0.05, 0.1) is 15.7 Å². The van der Waals surface area contributed by atoms with E-state index in [2.05, 4.69) is 10.3 Å². The molecule has 2 N–H and O–H groups in total. The van der Waals surface area contributed by atoms with Gasteiger partial charge in [0.25, 0.3) is 5.91 Å². The molecule has 2 aromatic carbocycles. The van der Waals surface area contributed by atoms with E-state index in [4.69, 9.17) is 34.8 Å². The summed E-state index contributed by atoms with van der Waals surface area (Å²) in [6.45, 7) is 0. The lowest BCUT2D eigenvalue weighted by atomic mass is 10.1. The average Bonchev–Trinajstić information content (AvgIpc) is 2.89. The molecule has 3 nitrogen and oxygen atoms in total. The topological polar surface area (TPSA) is 44.9 Å². The quantitative estimate of drug-likeness (QED) is 0.647. The van der Waals surface area contributed by atoms with E-state index in [9.17, 15) is 4.79 Å². The lowest BCUT2D eigenvalue weighted by Gasteiger charge is -2.10. The largest absolute Gasteiger partial charge is 0.361 e. The first-order valence-electron chi connectivity index (χ1n) is 6.07. The van der Waals surface area contributed by atoms with Crippen LogP contribution in [0.15, 0.2) is 42.6 Å². The monoisotopic (exact) mass is 338 g/mol. The molecule has 0 aliphatic heterocycles. The van der Waals surface area contributed by atoms with E-state index in [0.717, 1.165) is 10.9 Å². The first-order valence-corrected chi connectivity index (χ1v) is 7.21. The molecule has 1 heterocycles. The molecule has 0 fully saturated rings. The average molecular weight is 340 g/mol. The van der Waals surface area contributed by atoms with Crippen LogP contribution < -0.4 is 5.32 Å². The van der Waals surface area contributed by atoms with E-state index in [-0.39, 0.29) is 5.91 Å². The van der Waals surface area contributed by atoms with E-state index in [1.807, 2.05) is 18.3 Å². The van der Waals surface area contributed by atoms with Gasteiger partial charge in [-0.3, -0.25) is 4.79 Å². The molecule has 0 saturated carbocycles. The van der Waals surface area contributed by atoms with E-state index in [0.29, 0.717) is 26.3 Å². The van der Waals surface area contributed by atoms with Crippen molar-refractivity contribution < 1.29 is 4.79 Å². The lowest BCUT2D eigenvalue weighted by molar-refractivity contribution is 0.102. The Morgan fingerprint density at radius 1 is 1.00 bits per heavy atom. The normalized spacial score (nSPS) is 10.8. The minimum absolute atomic E-state index is 0.293. The summed E-state index contributed by atoms with van der Waals surface area (Å²) >= 11 is 18.0. The lowest BCUT2D eigenvalue weighted by Crippen LogP contribution is -2.12. The maximum absolute atomic E-state index is 12.3. The molecule has 0 atom stereocenters. The fourth-order valence-electron chi connectivity index (χ4n) is 2.04. The van der Waals surface area contributed by atoms with Gasteiger partial charge in [-0.1, -0.05) is 40.9 Å². The Morgan fingerprint density at radius 2 is 1.71 bits per heavy atom. The van der Waals surface area contributed by atoms with Crippen LogP contribution in [0.3, 0.4) is 0 Å². The van der Waals surface area contributed by atoms with Crippen molar-refractivity contribution in [3.63, 3.8) is 0 Å². The fourth-order valence-corrected chi connectivity index (χ4v) is 2.95. The summed E-state index contributed by atoms with van der Waals surface area (Å²) in [5.41, 5.74) is 1.74. The molecule has 0 saturated heterocycles. The van der Waals surface area contributed by atoms with Gasteiger partial charge in [0.1, 0.15) is 0 Å². The number of amides is 1. The third-order valence-corrected chi connectivity index (χ3v) is 3.88. The number of H-pyrrole nitrogens is 1. The van der Waals surface area contributed by atoms with Crippen LogP contribution in [-0.2, 0) is 0 Å². The Morgan fingerprint density at radius 3 is 2.43 bits per heavy atom. The summed E-state index contributed by atoms with van der Waals surface area (Å²) in [4.78, 5) is 15.4. The van der Waals surface area contributed by atoms with Crippen molar-refractivity contribution in [2.45, 2.75) is 0 Å². The number of hydrogen-bond donors (Lipinski definition) is 2. The van der Waals surface area contributed by atoms with Crippen LogP contribution in [0.25, 0.3) is 10.9 Å². The van der Waals surface area contributed by atoms with E-state index in [1.165, 1.54) is 12.1 Å². The Balaban J connectivity index is 1.92. The van der Waals surface area contributed by atoms with Crippen LogP contribution in [0.5, 0.6) is 0 Å². The van der Waals surface area contributed by atoms with Gasteiger partial charge in [-0.15, -0.1) is 0 Å². The van der Waals surface area contributed by atoms with Gasteiger partial charge in [-0.25, -0.2) is 0 Å². The second-order valence-electron chi connectivity index (χ2n) is 4.48. The van der Waals surface area contributed by atoms with Gasteiger partial charge in [0.15, 0.2) is 0 Å². The molecule has 0 radical (unpaired) electrons. The molecule has 6 heteroatoms. The SMILES string of the molecule is O=C(Nc1c(Cl)cc(Cl)cc1Cl)c1ccc2cc[nH]c2c1. The number of rotatable bonds is 2. The molecular formula is C15H9Cl3N2O. The number of carbonyl (C=O) groups is 1. The number of fused-ring (bicyclic) bond motifs is 1. The summed E-state index contributed by atoms with van der Waals surface area (Å²) in [5, 5.41) is 4.74. The Hall–Kier alpha value is -1.68. The molecule has 1 aromatic heterocycles. The second kappa shape index (κ2) is 5.60. The van der Waals surface area contributed by atoms with Crippen molar-refractivity contribution in [2.75, 3.05) is 5.32 Å². The standard InChI is InChI=1S/C15H9Cl3N2O/c16-10-6-11(17)14(12(18)7-10)20-15(21)9-2-1-8-3-4-19-13(8)5-9/h1-7,19H,(H,20,21). The van der Waals surface area contributed by atoms with Gasteiger partial charge >= 0.3 is 0 Å². The fraction of sp³-hybridized carbons (Fsp3) is 0. The maximum atomic E-state index is 12.3. The number of nitrogens with one attached hydrogen (secondary N) is 2. The molecule has 3 aromatic rings. The van der Waals surface area contributed by atoms with Crippen LogP contribution in [0, 0.1) is 0 Å². The zero-order valence-corrected chi connectivity index (χ0v) is 12.9. The Bertz CT molecular complexity index is 819. The van der Waals surface area contributed by atoms with Gasteiger partial charge < -0.3 is 10.3 Å². The summed E-state index contributed by atoms with van der Waals surface area (Å²) in [6.07, 6.45) is 1.82. The van der Waals surface area contributed by atoms with Crippen molar-refractivity contribution in [1.82, 2.24) is 4.98 Å². The summed E-state index contributed by atoms with van der Waals surface area (Å²) in [7, 11) is 0. The summed E-state index contributed by atoms with van der Waals surface area (Å²) in [6, 6.07) is 10.4. The van der Waals surface area contributed by atoms with E-state index >= 15 is 0 Å². The molecule has 106 valence electrons. The molecule has 0 bridgehead atoms. The number of aromatic nitrogens is 1. The number of halogens is 3. The predicted molar refractivity (Wildman–Crippen MR) is 87.7 cm³/mol. The smallest absolute Gasteiger partial charge is 0.255 e. The summed E-state index contributed by atoms with van der Waals surface area (Å²) in [5.74, 6) is -0.294. The number of aromatic amines is 1. The molecule has 21 heavy (non-hydrogen) atoms. The number of hydrogen-bond acceptors (Lipinski definition) is 1. The first-order chi connectivity index (χ1) is 10.0. The molecule has 0 unspecified atom stereocenters. The third-order valence-electron chi connectivity index (χ3n) is 3.06. The van der Waals surface area contributed by atoms with Crippen molar-refractivity contribution in [3.05, 3.63) is 63.2 Å². The van der Waals surface area contributed by atoms with Crippen molar-refractivity contribution in [3.8, 4) is 0 Å². The highest BCUT2D eigenvalue weighted by molar-refractivity contribution is 6.42. The minimum Gasteiger partial charge on any atom is -0.361 e. The highest BCUT2D eigenvalue weighted by Gasteiger charge is 2.13. The van der Waals surface area contributed by atoms with Gasteiger partial charge in [0, 0.05) is 22.3 Å². The van der Waals surface area contributed by atoms with Crippen molar-refractivity contribution in [1.29, 1.82) is 0 Å². The molecule has 0 aliphatic carbocycles. The zero-order chi connectivity index (χ0) is 15.0. The maximum Gasteiger partial charge on any atom is 0.255 e. The first kappa shape index (κ1) is 14.3. The highest BCUT2D eigenvalue weighted by Crippen LogP contribution is 2.34. The molecule has 0 aliphatic rings. The second-order valence-corrected chi connectivity index (χ2v) is 5.73. The minimum atomic E-state index is -0.294. The van der Waals surface area contributed by atoms with Crippen LogP contribution in [0.2, 0.25) is 15.1 Å².